The van der Waals surface area contributed by atoms with E-state index < -0.39 is 0 Å². The molecule has 22 heavy (non-hydrogen) atoms. The number of benzene rings is 1. The molecule has 1 rings (SSSR count). The monoisotopic (exact) mass is 422 g/mol. The second-order valence-electron chi connectivity index (χ2n) is 4.41. The first-order valence-electron chi connectivity index (χ1n) is 6.41. The van der Waals surface area contributed by atoms with Gasteiger partial charge < -0.3 is 25.0 Å². The van der Waals surface area contributed by atoms with Crippen molar-refractivity contribution in [2.75, 3.05) is 47.2 Å². The predicted octanol–water partition coefficient (Wildman–Crippen LogP) is 1.40. The second-order valence-corrected chi connectivity index (χ2v) is 4.41. The van der Waals surface area contributed by atoms with Crippen LogP contribution in [0.5, 0.6) is 11.5 Å². The van der Waals surface area contributed by atoms with Crippen LogP contribution in [0.4, 0.5) is 5.69 Å². The topological polar surface area (TPSA) is 75.2 Å². The van der Waals surface area contributed by atoms with E-state index in [0.29, 0.717) is 17.5 Å². The number of ether oxygens (including phenoxy) is 2. The highest BCUT2D eigenvalue weighted by Crippen LogP contribution is 2.29. The standard InChI is InChI=1S/C14H22N4O3.HI/c1-15-14(16-9-13(19)18(2)3)17-10-6-7-11(20-4)12(8-10)21-5;/h6-8H,9H2,1-5H3,(H2,15,16,17);1H. The molecule has 1 aromatic rings. The molecule has 1 aromatic carbocycles. The van der Waals surface area contributed by atoms with Crippen LogP contribution >= 0.6 is 24.0 Å². The molecular formula is C14H23IN4O3. The molecule has 8 heteroatoms. The molecule has 1 amide bonds. The third-order valence-electron chi connectivity index (χ3n) is 2.78. The van der Waals surface area contributed by atoms with Crippen molar-refractivity contribution < 1.29 is 14.3 Å². The number of aliphatic imine (C=N–C) groups is 1. The maximum atomic E-state index is 11.5. The average molecular weight is 422 g/mol. The molecule has 0 spiro atoms. The SMILES string of the molecule is CN=C(NCC(=O)N(C)C)Nc1ccc(OC)c(OC)c1.I. The highest BCUT2D eigenvalue weighted by molar-refractivity contribution is 14.0. The highest BCUT2D eigenvalue weighted by Gasteiger charge is 2.08. The number of hydrogen-bond acceptors (Lipinski definition) is 4. The van der Waals surface area contributed by atoms with E-state index in [-0.39, 0.29) is 36.4 Å². The number of guanidine groups is 1. The Balaban J connectivity index is 0.00000441. The number of amides is 1. The van der Waals surface area contributed by atoms with Crippen molar-refractivity contribution in [2.45, 2.75) is 0 Å². The van der Waals surface area contributed by atoms with E-state index in [0.717, 1.165) is 5.69 Å². The molecule has 2 N–H and O–H groups in total. The summed E-state index contributed by atoms with van der Waals surface area (Å²) in [6.45, 7) is 0.167. The smallest absolute Gasteiger partial charge is 0.241 e. The minimum atomic E-state index is -0.0368. The van der Waals surface area contributed by atoms with Crippen molar-refractivity contribution in [3.8, 4) is 11.5 Å². The minimum absolute atomic E-state index is 0. The first kappa shape index (κ1) is 20.3. The fraction of sp³-hybridized carbons (Fsp3) is 0.429. The molecular weight excluding hydrogens is 399 g/mol. The van der Waals surface area contributed by atoms with Gasteiger partial charge in [0.25, 0.3) is 0 Å². The summed E-state index contributed by atoms with van der Waals surface area (Å²) in [5, 5.41) is 6.02. The second kappa shape index (κ2) is 10.1. The van der Waals surface area contributed by atoms with Crippen LogP contribution in [-0.2, 0) is 4.79 Å². The van der Waals surface area contributed by atoms with Crippen molar-refractivity contribution in [1.82, 2.24) is 10.2 Å². The van der Waals surface area contributed by atoms with Crippen LogP contribution in [-0.4, -0.2) is 58.7 Å². The fourth-order valence-electron chi connectivity index (χ4n) is 1.55. The number of halogens is 1. The van der Waals surface area contributed by atoms with Gasteiger partial charge in [-0.3, -0.25) is 9.79 Å². The summed E-state index contributed by atoms with van der Waals surface area (Å²) in [5.41, 5.74) is 0.776. The normalized spacial score (nSPS) is 10.3. The maximum Gasteiger partial charge on any atom is 0.241 e. The summed E-state index contributed by atoms with van der Waals surface area (Å²) in [6.07, 6.45) is 0. The van der Waals surface area contributed by atoms with Crippen LogP contribution in [0.3, 0.4) is 0 Å². The van der Waals surface area contributed by atoms with Gasteiger partial charge >= 0.3 is 0 Å². The number of hydrogen-bond donors (Lipinski definition) is 2. The van der Waals surface area contributed by atoms with E-state index in [1.165, 1.54) is 4.90 Å². The molecule has 0 fully saturated rings. The Morgan fingerprint density at radius 3 is 2.36 bits per heavy atom. The van der Waals surface area contributed by atoms with E-state index in [2.05, 4.69) is 15.6 Å². The Morgan fingerprint density at radius 2 is 1.86 bits per heavy atom. The first-order chi connectivity index (χ1) is 10.0. The van der Waals surface area contributed by atoms with Gasteiger partial charge in [-0.1, -0.05) is 0 Å². The lowest BCUT2D eigenvalue weighted by Gasteiger charge is -2.15. The summed E-state index contributed by atoms with van der Waals surface area (Å²) in [7, 11) is 8.20. The van der Waals surface area contributed by atoms with Crippen LogP contribution in [0, 0.1) is 0 Å². The van der Waals surface area contributed by atoms with Crippen LogP contribution in [0.25, 0.3) is 0 Å². The van der Waals surface area contributed by atoms with Crippen LogP contribution in [0.2, 0.25) is 0 Å². The summed E-state index contributed by atoms with van der Waals surface area (Å²) in [4.78, 5) is 17.1. The Morgan fingerprint density at radius 1 is 1.23 bits per heavy atom. The van der Waals surface area contributed by atoms with E-state index in [1.54, 1.807) is 47.5 Å². The quantitative estimate of drug-likeness (QED) is 0.427. The zero-order chi connectivity index (χ0) is 15.8. The summed E-state index contributed by atoms with van der Waals surface area (Å²) in [5.74, 6) is 1.72. The van der Waals surface area contributed by atoms with Gasteiger partial charge in [-0.15, -0.1) is 24.0 Å². The molecule has 0 aliphatic rings. The molecule has 0 saturated carbocycles. The Bertz CT molecular complexity index is 521. The molecule has 0 heterocycles. The number of likely N-dealkylation sites (N-methyl/N-ethyl adjacent to an activating group) is 1. The van der Waals surface area contributed by atoms with E-state index in [1.807, 2.05) is 6.07 Å². The van der Waals surface area contributed by atoms with E-state index in [4.69, 9.17) is 9.47 Å². The van der Waals surface area contributed by atoms with Gasteiger partial charge in [-0.2, -0.15) is 0 Å². The van der Waals surface area contributed by atoms with E-state index >= 15 is 0 Å². The zero-order valence-corrected chi connectivity index (χ0v) is 15.8. The number of rotatable bonds is 5. The molecule has 0 radical (unpaired) electrons. The zero-order valence-electron chi connectivity index (χ0n) is 13.5. The Labute approximate surface area is 148 Å². The van der Waals surface area contributed by atoms with Crippen molar-refractivity contribution in [1.29, 1.82) is 0 Å². The minimum Gasteiger partial charge on any atom is -0.493 e. The van der Waals surface area contributed by atoms with Gasteiger partial charge in [-0.05, 0) is 12.1 Å². The molecule has 0 aliphatic carbocycles. The molecule has 0 unspecified atom stereocenters. The Kier molecular flexibility index (Phi) is 9.31. The van der Waals surface area contributed by atoms with Crippen LogP contribution in [0.1, 0.15) is 0 Å². The number of carbonyl (C=O) groups is 1. The first-order valence-corrected chi connectivity index (χ1v) is 6.41. The maximum absolute atomic E-state index is 11.5. The van der Waals surface area contributed by atoms with Crippen molar-refractivity contribution >= 4 is 41.5 Å². The van der Waals surface area contributed by atoms with Crippen molar-refractivity contribution in [3.63, 3.8) is 0 Å². The molecule has 0 saturated heterocycles. The van der Waals surface area contributed by atoms with Gasteiger partial charge in [-0.25, -0.2) is 0 Å². The van der Waals surface area contributed by atoms with Gasteiger partial charge in [0.2, 0.25) is 5.91 Å². The lowest BCUT2D eigenvalue weighted by molar-refractivity contribution is -0.127. The summed E-state index contributed by atoms with van der Waals surface area (Å²) in [6, 6.07) is 5.42. The molecule has 0 aliphatic heterocycles. The summed E-state index contributed by atoms with van der Waals surface area (Å²) < 4.78 is 10.4. The lowest BCUT2D eigenvalue weighted by Crippen LogP contribution is -2.39. The molecule has 124 valence electrons. The molecule has 0 bridgehead atoms. The molecule has 0 atom stereocenters. The molecule has 0 aromatic heterocycles. The highest BCUT2D eigenvalue weighted by atomic mass is 127. The molecule has 7 nitrogen and oxygen atoms in total. The number of anilines is 1. The largest absolute Gasteiger partial charge is 0.493 e. The third-order valence-corrected chi connectivity index (χ3v) is 2.78. The number of methoxy groups -OCH3 is 2. The lowest BCUT2D eigenvalue weighted by atomic mass is 10.3. The number of nitrogens with zero attached hydrogens (tertiary/aromatic N) is 2. The average Bonchev–Trinajstić information content (AvgIpc) is 2.50. The number of carbonyl (C=O) groups excluding carboxylic acids is 1. The van der Waals surface area contributed by atoms with Crippen LogP contribution in [0.15, 0.2) is 23.2 Å². The van der Waals surface area contributed by atoms with Crippen molar-refractivity contribution in [2.24, 2.45) is 4.99 Å². The third kappa shape index (κ3) is 5.96. The van der Waals surface area contributed by atoms with Gasteiger partial charge in [0.15, 0.2) is 17.5 Å². The number of nitrogens with one attached hydrogen (secondary N) is 2. The fourth-order valence-corrected chi connectivity index (χ4v) is 1.55. The van der Waals surface area contributed by atoms with Crippen molar-refractivity contribution in [3.05, 3.63) is 18.2 Å². The Hall–Kier alpha value is -1.71. The van der Waals surface area contributed by atoms with Crippen LogP contribution < -0.4 is 20.1 Å². The van der Waals surface area contributed by atoms with Gasteiger partial charge in [0.1, 0.15) is 0 Å². The van der Waals surface area contributed by atoms with Gasteiger partial charge in [0, 0.05) is 32.9 Å². The van der Waals surface area contributed by atoms with E-state index in [9.17, 15) is 4.79 Å². The predicted molar refractivity (Wildman–Crippen MR) is 98.6 cm³/mol. The summed E-state index contributed by atoms with van der Waals surface area (Å²) >= 11 is 0. The van der Waals surface area contributed by atoms with Gasteiger partial charge in [0.05, 0.1) is 20.8 Å².